The normalized spacial score (nSPS) is 15.4. The molecule has 0 spiro atoms. The van der Waals surface area contributed by atoms with Crippen molar-refractivity contribution in [2.45, 2.75) is 50.0 Å². The summed E-state index contributed by atoms with van der Waals surface area (Å²) in [5.41, 5.74) is -9.24. The van der Waals surface area contributed by atoms with Crippen LogP contribution < -0.4 is 5.32 Å². The number of carbonyl (C=O) groups is 1. The van der Waals surface area contributed by atoms with E-state index in [0.717, 1.165) is 13.3 Å². The van der Waals surface area contributed by atoms with Crippen LogP contribution in [-0.4, -0.2) is 31.9 Å². The van der Waals surface area contributed by atoms with Crippen LogP contribution in [0.2, 0.25) is 5.02 Å². The predicted molar refractivity (Wildman–Crippen MR) is 118 cm³/mol. The van der Waals surface area contributed by atoms with Gasteiger partial charge in [0, 0.05) is 12.6 Å². The third-order valence-electron chi connectivity index (χ3n) is 5.90. The van der Waals surface area contributed by atoms with E-state index >= 15 is 0 Å². The monoisotopic (exact) mass is 545 g/mol. The Kier molecular flexibility index (Phi) is 6.10. The SMILES string of the molecule is Cn1nc(C(F)(F)C(C)(C)F)c(C(F)(F)F)c1-c1coc(-c2ccc(Cl)c(C(=O)NC3(C#N)CC3)c2)n1. The van der Waals surface area contributed by atoms with Crippen molar-refractivity contribution in [2.75, 3.05) is 0 Å². The van der Waals surface area contributed by atoms with Gasteiger partial charge in [-0.3, -0.25) is 9.48 Å². The number of oxazole rings is 1. The van der Waals surface area contributed by atoms with E-state index in [-0.39, 0.29) is 22.0 Å². The van der Waals surface area contributed by atoms with Gasteiger partial charge in [-0.1, -0.05) is 11.6 Å². The Labute approximate surface area is 211 Å². The van der Waals surface area contributed by atoms with Crippen LogP contribution in [0.1, 0.15) is 48.3 Å². The number of halogens is 7. The number of benzene rings is 1. The molecule has 4 rings (SSSR count). The zero-order valence-electron chi connectivity index (χ0n) is 19.5. The highest BCUT2D eigenvalue weighted by molar-refractivity contribution is 6.34. The first-order valence-electron chi connectivity index (χ1n) is 10.7. The topological polar surface area (TPSA) is 96.7 Å². The highest BCUT2D eigenvalue weighted by Gasteiger charge is 2.57. The highest BCUT2D eigenvalue weighted by Crippen LogP contribution is 2.49. The van der Waals surface area contributed by atoms with Gasteiger partial charge in [0.1, 0.15) is 34.4 Å². The lowest BCUT2D eigenvalue weighted by Gasteiger charge is -2.26. The van der Waals surface area contributed by atoms with Gasteiger partial charge in [0.15, 0.2) is 5.67 Å². The molecule has 0 atom stereocenters. The Morgan fingerprint density at radius 1 is 1.22 bits per heavy atom. The van der Waals surface area contributed by atoms with E-state index in [1.165, 1.54) is 18.2 Å². The predicted octanol–water partition coefficient (Wildman–Crippen LogP) is 6.04. The molecule has 0 radical (unpaired) electrons. The number of nitrogens with zero attached hydrogens (tertiary/aromatic N) is 4. The quantitative estimate of drug-likeness (QED) is 0.381. The van der Waals surface area contributed by atoms with Crippen LogP contribution in [0.15, 0.2) is 28.9 Å². The summed E-state index contributed by atoms with van der Waals surface area (Å²) in [5.74, 6) is -5.48. The number of amides is 1. The smallest absolute Gasteiger partial charge is 0.420 e. The largest absolute Gasteiger partial charge is 0.444 e. The highest BCUT2D eigenvalue weighted by atomic mass is 35.5. The Bertz CT molecular complexity index is 1430. The van der Waals surface area contributed by atoms with Crippen LogP contribution in [-0.2, 0) is 19.1 Å². The third kappa shape index (κ3) is 4.66. The first-order valence-corrected chi connectivity index (χ1v) is 11.1. The second kappa shape index (κ2) is 8.51. The van der Waals surface area contributed by atoms with E-state index in [0.29, 0.717) is 31.4 Å². The van der Waals surface area contributed by atoms with Gasteiger partial charge in [-0.2, -0.15) is 32.3 Å². The summed E-state index contributed by atoms with van der Waals surface area (Å²) < 4.78 is 91.2. The second-order valence-electron chi connectivity index (χ2n) is 9.12. The molecule has 37 heavy (non-hydrogen) atoms. The summed E-state index contributed by atoms with van der Waals surface area (Å²) in [7, 11) is 0.984. The van der Waals surface area contributed by atoms with Gasteiger partial charge in [-0.15, -0.1) is 0 Å². The number of aromatic nitrogens is 3. The van der Waals surface area contributed by atoms with Crippen molar-refractivity contribution in [3.8, 4) is 28.9 Å². The van der Waals surface area contributed by atoms with Crippen LogP contribution >= 0.6 is 11.6 Å². The van der Waals surface area contributed by atoms with Crippen LogP contribution in [0.4, 0.5) is 26.3 Å². The number of alkyl halides is 6. The zero-order chi connectivity index (χ0) is 27.6. The molecule has 0 bridgehead atoms. The molecule has 0 unspecified atom stereocenters. The minimum atomic E-state index is -5.34. The van der Waals surface area contributed by atoms with E-state index in [4.69, 9.17) is 16.0 Å². The van der Waals surface area contributed by atoms with Crippen molar-refractivity contribution < 1.29 is 35.6 Å². The van der Waals surface area contributed by atoms with Gasteiger partial charge in [0.25, 0.3) is 5.91 Å². The maximum absolute atomic E-state index is 14.7. The molecule has 3 aromatic rings. The molecule has 14 heteroatoms. The van der Waals surface area contributed by atoms with Gasteiger partial charge in [0.2, 0.25) is 5.89 Å². The van der Waals surface area contributed by atoms with Crippen molar-refractivity contribution >= 4 is 17.5 Å². The van der Waals surface area contributed by atoms with Crippen molar-refractivity contribution in [1.29, 1.82) is 5.26 Å². The van der Waals surface area contributed by atoms with Crippen molar-refractivity contribution in [3.63, 3.8) is 0 Å². The zero-order valence-corrected chi connectivity index (χ0v) is 20.2. The molecule has 1 amide bonds. The van der Waals surface area contributed by atoms with E-state index in [1.807, 2.05) is 6.07 Å². The lowest BCUT2D eigenvalue weighted by Crippen LogP contribution is -2.38. The van der Waals surface area contributed by atoms with E-state index in [9.17, 15) is 36.4 Å². The fourth-order valence-corrected chi connectivity index (χ4v) is 3.81. The van der Waals surface area contributed by atoms with Crippen LogP contribution in [0.25, 0.3) is 22.8 Å². The number of rotatable bonds is 6. The number of nitriles is 1. The molecule has 7 nitrogen and oxygen atoms in total. The summed E-state index contributed by atoms with van der Waals surface area (Å²) in [6.45, 7) is 0.900. The Hall–Kier alpha value is -3.53. The maximum Gasteiger partial charge on any atom is 0.420 e. The number of hydrogen-bond acceptors (Lipinski definition) is 5. The molecule has 1 saturated carbocycles. The Morgan fingerprint density at radius 3 is 2.41 bits per heavy atom. The van der Waals surface area contributed by atoms with Crippen molar-refractivity contribution in [3.05, 3.63) is 46.3 Å². The summed E-state index contributed by atoms with van der Waals surface area (Å²) >= 11 is 6.11. The van der Waals surface area contributed by atoms with Crippen molar-refractivity contribution in [2.24, 2.45) is 7.05 Å². The summed E-state index contributed by atoms with van der Waals surface area (Å²) in [6, 6.07) is 5.97. The van der Waals surface area contributed by atoms with E-state index < -0.39 is 51.9 Å². The minimum Gasteiger partial charge on any atom is -0.444 e. The second-order valence-corrected chi connectivity index (χ2v) is 9.53. The van der Waals surface area contributed by atoms with E-state index in [1.54, 1.807) is 0 Å². The number of nitrogens with one attached hydrogen (secondary N) is 1. The first kappa shape index (κ1) is 26.5. The molecule has 2 heterocycles. The standard InChI is InChI=1S/C23H18ClF6N5O2/c1-20(2,25)22(26,27)17-15(23(28,29)30)16(35(3)34-17)14-9-37-19(32-14)11-4-5-13(24)12(8-11)18(36)33-21(10-31)6-7-21/h4-5,8-9H,6-7H2,1-3H3,(H,33,36). The molecule has 0 saturated heterocycles. The molecular weight excluding hydrogens is 528 g/mol. The summed E-state index contributed by atoms with van der Waals surface area (Å²) in [6.07, 6.45) is -3.59. The lowest BCUT2D eigenvalue weighted by atomic mass is 9.95. The van der Waals surface area contributed by atoms with Crippen molar-refractivity contribution in [1.82, 2.24) is 20.1 Å². The van der Waals surface area contributed by atoms with Gasteiger partial charge in [-0.25, -0.2) is 9.37 Å². The first-order chi connectivity index (χ1) is 17.0. The molecule has 1 aliphatic rings. The van der Waals surface area contributed by atoms with Gasteiger partial charge < -0.3 is 9.73 Å². The lowest BCUT2D eigenvalue weighted by molar-refractivity contribution is -0.155. The summed E-state index contributed by atoms with van der Waals surface area (Å²) in [5, 5.41) is 15.1. The number of aryl methyl sites for hydroxylation is 1. The van der Waals surface area contributed by atoms with Crippen LogP contribution in [0.3, 0.4) is 0 Å². The Morgan fingerprint density at radius 2 is 1.86 bits per heavy atom. The maximum atomic E-state index is 14.7. The number of carbonyl (C=O) groups excluding carboxylic acids is 1. The van der Waals surface area contributed by atoms with Crippen LogP contribution in [0.5, 0.6) is 0 Å². The molecule has 2 aromatic heterocycles. The van der Waals surface area contributed by atoms with Crippen LogP contribution in [0, 0.1) is 11.3 Å². The molecule has 196 valence electrons. The van der Waals surface area contributed by atoms with Gasteiger partial charge in [-0.05, 0) is 44.9 Å². The molecule has 1 aliphatic carbocycles. The molecular formula is C23H18ClF6N5O2. The average molecular weight is 546 g/mol. The molecule has 0 aliphatic heterocycles. The van der Waals surface area contributed by atoms with Gasteiger partial charge >= 0.3 is 12.1 Å². The van der Waals surface area contributed by atoms with Gasteiger partial charge in [0.05, 0.1) is 16.7 Å². The molecule has 1 fully saturated rings. The summed E-state index contributed by atoms with van der Waals surface area (Å²) in [4.78, 5) is 16.6. The minimum absolute atomic E-state index is 0.0356. The fourth-order valence-electron chi connectivity index (χ4n) is 3.61. The third-order valence-corrected chi connectivity index (χ3v) is 6.23. The average Bonchev–Trinajstić information content (AvgIpc) is 3.21. The fraction of sp³-hybridized carbons (Fsp3) is 0.391. The Balaban J connectivity index is 1.77. The molecule has 1 aromatic carbocycles. The molecule has 1 N–H and O–H groups in total. The number of hydrogen-bond donors (Lipinski definition) is 1. The van der Waals surface area contributed by atoms with E-state index in [2.05, 4.69) is 15.4 Å².